The van der Waals surface area contributed by atoms with Gasteiger partial charge in [-0.1, -0.05) is 5.16 Å². The maximum absolute atomic E-state index is 11.6. The number of carbonyl (C=O) groups excluding carboxylic acids is 1. The summed E-state index contributed by atoms with van der Waals surface area (Å²) in [6, 6.07) is -0.144. The number of aryl methyl sites for hydroxylation is 1. The molecule has 1 unspecified atom stereocenters. The summed E-state index contributed by atoms with van der Waals surface area (Å²) in [4.78, 5) is 15.7. The highest BCUT2D eigenvalue weighted by Crippen LogP contribution is 2.06. The van der Waals surface area contributed by atoms with Crippen molar-refractivity contribution in [1.82, 2.24) is 20.8 Å². The highest BCUT2D eigenvalue weighted by molar-refractivity contribution is 5.81. The molecule has 1 aliphatic rings. The lowest BCUT2D eigenvalue weighted by Crippen LogP contribution is -2.42. The van der Waals surface area contributed by atoms with Crippen LogP contribution in [0.3, 0.4) is 0 Å². The van der Waals surface area contributed by atoms with E-state index < -0.39 is 0 Å². The van der Waals surface area contributed by atoms with Crippen molar-refractivity contribution in [2.45, 2.75) is 38.8 Å². The van der Waals surface area contributed by atoms with E-state index in [1.807, 2.05) is 0 Å². The first-order valence-electron chi connectivity index (χ1n) is 5.56. The molecule has 6 heteroatoms. The summed E-state index contributed by atoms with van der Waals surface area (Å²) in [5, 5.41) is 9.69. The molecule has 1 saturated heterocycles. The zero-order chi connectivity index (χ0) is 11.4. The molecule has 2 N–H and O–H groups in total. The van der Waals surface area contributed by atoms with E-state index in [0.29, 0.717) is 18.3 Å². The van der Waals surface area contributed by atoms with Crippen LogP contribution >= 0.6 is 0 Å². The van der Waals surface area contributed by atoms with Crippen LogP contribution in [0.25, 0.3) is 0 Å². The first kappa shape index (κ1) is 11.1. The minimum atomic E-state index is -0.144. The van der Waals surface area contributed by atoms with Crippen LogP contribution in [-0.4, -0.2) is 28.6 Å². The van der Waals surface area contributed by atoms with Gasteiger partial charge in [0.25, 0.3) is 0 Å². The van der Waals surface area contributed by atoms with Crippen molar-refractivity contribution in [3.05, 3.63) is 11.7 Å². The summed E-state index contributed by atoms with van der Waals surface area (Å²) >= 11 is 0. The largest absolute Gasteiger partial charge is 0.355 e. The molecule has 1 atom stereocenters. The van der Waals surface area contributed by atoms with Gasteiger partial charge in [0.05, 0.1) is 12.6 Å². The van der Waals surface area contributed by atoms with Gasteiger partial charge in [-0.05, 0) is 26.2 Å². The SMILES string of the molecule is Cc1noc(CNC2CCCCNC2=O)n1. The first-order chi connectivity index (χ1) is 7.75. The first-order valence-corrected chi connectivity index (χ1v) is 5.56. The fourth-order valence-corrected chi connectivity index (χ4v) is 1.76. The number of carbonyl (C=O) groups is 1. The van der Waals surface area contributed by atoms with Gasteiger partial charge in [-0.3, -0.25) is 10.1 Å². The summed E-state index contributed by atoms with van der Waals surface area (Å²) in [7, 11) is 0. The topological polar surface area (TPSA) is 80.0 Å². The molecule has 6 nitrogen and oxygen atoms in total. The summed E-state index contributed by atoms with van der Waals surface area (Å²) in [5.74, 6) is 1.20. The fraction of sp³-hybridized carbons (Fsp3) is 0.700. The molecule has 0 bridgehead atoms. The van der Waals surface area contributed by atoms with Gasteiger partial charge >= 0.3 is 0 Å². The van der Waals surface area contributed by atoms with Crippen molar-refractivity contribution >= 4 is 5.91 Å². The molecule has 2 heterocycles. The zero-order valence-electron chi connectivity index (χ0n) is 9.32. The van der Waals surface area contributed by atoms with Crippen LogP contribution in [0.1, 0.15) is 31.0 Å². The standard InChI is InChI=1S/C10H16N4O2/c1-7-13-9(16-14-7)6-12-8-4-2-3-5-11-10(8)15/h8,12H,2-6H2,1H3,(H,11,15). The molecule has 1 aliphatic heterocycles. The Labute approximate surface area is 93.8 Å². The molecular weight excluding hydrogens is 208 g/mol. The second-order valence-electron chi connectivity index (χ2n) is 3.96. The maximum Gasteiger partial charge on any atom is 0.240 e. The number of amides is 1. The average molecular weight is 224 g/mol. The van der Waals surface area contributed by atoms with E-state index in [9.17, 15) is 4.79 Å². The Morgan fingerprint density at radius 3 is 3.19 bits per heavy atom. The number of rotatable bonds is 3. The van der Waals surface area contributed by atoms with Gasteiger partial charge in [-0.25, -0.2) is 0 Å². The lowest BCUT2D eigenvalue weighted by atomic mass is 10.1. The Kier molecular flexibility index (Phi) is 3.51. The summed E-state index contributed by atoms with van der Waals surface area (Å²) in [5.41, 5.74) is 0. The number of nitrogens with one attached hydrogen (secondary N) is 2. The molecule has 1 fully saturated rings. The number of hydrogen-bond donors (Lipinski definition) is 2. The predicted octanol–water partition coefficient (Wildman–Crippen LogP) is 0.136. The smallest absolute Gasteiger partial charge is 0.240 e. The van der Waals surface area contributed by atoms with Gasteiger partial charge in [-0.2, -0.15) is 4.98 Å². The van der Waals surface area contributed by atoms with Crippen LogP contribution in [0.4, 0.5) is 0 Å². The van der Waals surface area contributed by atoms with Crippen LogP contribution in [0.15, 0.2) is 4.52 Å². The Bertz CT molecular complexity index is 363. The van der Waals surface area contributed by atoms with Crippen molar-refractivity contribution in [1.29, 1.82) is 0 Å². The summed E-state index contributed by atoms with van der Waals surface area (Å²) < 4.78 is 4.97. The van der Waals surface area contributed by atoms with Crippen LogP contribution < -0.4 is 10.6 Å². The fourth-order valence-electron chi connectivity index (χ4n) is 1.76. The van der Waals surface area contributed by atoms with Crippen molar-refractivity contribution < 1.29 is 9.32 Å². The quantitative estimate of drug-likeness (QED) is 0.763. The van der Waals surface area contributed by atoms with Crippen molar-refractivity contribution in [2.24, 2.45) is 0 Å². The van der Waals surface area contributed by atoms with E-state index in [1.165, 1.54) is 0 Å². The van der Waals surface area contributed by atoms with Gasteiger partial charge in [0.2, 0.25) is 11.8 Å². The molecule has 2 rings (SSSR count). The van der Waals surface area contributed by atoms with Crippen LogP contribution in [0.5, 0.6) is 0 Å². The van der Waals surface area contributed by atoms with E-state index in [1.54, 1.807) is 6.92 Å². The van der Waals surface area contributed by atoms with Gasteiger partial charge < -0.3 is 9.84 Å². The molecular formula is C10H16N4O2. The van der Waals surface area contributed by atoms with Crippen LogP contribution in [-0.2, 0) is 11.3 Å². The minimum absolute atomic E-state index is 0.0636. The number of aromatic nitrogens is 2. The normalized spacial score (nSPS) is 21.6. The molecule has 0 aromatic carbocycles. The van der Waals surface area contributed by atoms with Gasteiger partial charge in [-0.15, -0.1) is 0 Å². The second kappa shape index (κ2) is 5.07. The molecule has 0 saturated carbocycles. The average Bonchev–Trinajstić information content (AvgIpc) is 2.56. The van der Waals surface area contributed by atoms with Crippen molar-refractivity contribution in [2.75, 3.05) is 6.54 Å². The highest BCUT2D eigenvalue weighted by atomic mass is 16.5. The van der Waals surface area contributed by atoms with Crippen LogP contribution in [0, 0.1) is 6.92 Å². The molecule has 1 aromatic heterocycles. The molecule has 88 valence electrons. The maximum atomic E-state index is 11.6. The second-order valence-corrected chi connectivity index (χ2v) is 3.96. The summed E-state index contributed by atoms with van der Waals surface area (Å²) in [6.07, 6.45) is 2.96. The third-order valence-corrected chi connectivity index (χ3v) is 2.60. The van der Waals surface area contributed by atoms with Crippen molar-refractivity contribution in [3.63, 3.8) is 0 Å². The Morgan fingerprint density at radius 1 is 1.56 bits per heavy atom. The highest BCUT2D eigenvalue weighted by Gasteiger charge is 2.20. The monoisotopic (exact) mass is 224 g/mol. The van der Waals surface area contributed by atoms with Crippen molar-refractivity contribution in [3.8, 4) is 0 Å². The Morgan fingerprint density at radius 2 is 2.44 bits per heavy atom. The molecule has 0 radical (unpaired) electrons. The summed E-state index contributed by atoms with van der Waals surface area (Å²) in [6.45, 7) is 2.99. The molecule has 1 aromatic rings. The van der Waals surface area contributed by atoms with Crippen LogP contribution in [0.2, 0.25) is 0 Å². The Hall–Kier alpha value is -1.43. The Balaban J connectivity index is 1.86. The molecule has 0 aliphatic carbocycles. The minimum Gasteiger partial charge on any atom is -0.355 e. The zero-order valence-corrected chi connectivity index (χ0v) is 9.32. The van der Waals surface area contributed by atoms with Gasteiger partial charge in [0.1, 0.15) is 0 Å². The number of hydrogen-bond acceptors (Lipinski definition) is 5. The van der Waals surface area contributed by atoms with E-state index in [-0.39, 0.29) is 11.9 Å². The lowest BCUT2D eigenvalue weighted by molar-refractivity contribution is -0.122. The van der Waals surface area contributed by atoms with E-state index in [2.05, 4.69) is 20.8 Å². The van der Waals surface area contributed by atoms with E-state index >= 15 is 0 Å². The molecule has 1 amide bonds. The lowest BCUT2D eigenvalue weighted by Gasteiger charge is -2.13. The third-order valence-electron chi connectivity index (χ3n) is 2.60. The number of nitrogens with zero attached hydrogens (tertiary/aromatic N) is 2. The third kappa shape index (κ3) is 2.79. The molecule has 16 heavy (non-hydrogen) atoms. The van der Waals surface area contributed by atoms with Gasteiger partial charge in [0, 0.05) is 6.54 Å². The van der Waals surface area contributed by atoms with Gasteiger partial charge in [0.15, 0.2) is 5.82 Å². The van der Waals surface area contributed by atoms with E-state index in [0.717, 1.165) is 25.8 Å². The predicted molar refractivity (Wildman–Crippen MR) is 56.5 cm³/mol. The van der Waals surface area contributed by atoms with E-state index in [4.69, 9.17) is 4.52 Å². The molecule has 0 spiro atoms.